The molecule has 0 N–H and O–H groups in total. The second kappa shape index (κ2) is 3.71. The van der Waals surface area contributed by atoms with E-state index in [2.05, 4.69) is 0 Å². The van der Waals surface area contributed by atoms with Crippen molar-refractivity contribution in [1.29, 1.82) is 0 Å². The molecule has 0 amide bonds. The molecule has 4 heteroatoms. The van der Waals surface area contributed by atoms with Crippen LogP contribution in [-0.4, -0.2) is 19.2 Å². The Labute approximate surface area is 109 Å². The Morgan fingerprint density at radius 3 is 2.95 bits per heavy atom. The van der Waals surface area contributed by atoms with Crippen molar-refractivity contribution >= 4 is 16.9 Å². The van der Waals surface area contributed by atoms with Gasteiger partial charge in [-0.15, -0.1) is 0 Å². The molecule has 1 aromatic carbocycles. The molecule has 0 spiro atoms. The lowest BCUT2D eigenvalue weighted by atomic mass is 9.89. The number of methoxy groups -OCH3 is 1. The van der Waals surface area contributed by atoms with Crippen LogP contribution in [0.25, 0.3) is 11.0 Å². The molecule has 1 aromatic heterocycles. The van der Waals surface area contributed by atoms with Crippen LogP contribution in [-0.2, 0) is 14.3 Å². The maximum atomic E-state index is 12.1. The molecular formula is C15H12O4. The molecule has 4 rings (SSSR count). The molecule has 2 aliphatic heterocycles. The lowest BCUT2D eigenvalue weighted by Gasteiger charge is -2.27. The average molecular weight is 256 g/mol. The third kappa shape index (κ3) is 1.35. The number of rotatable bonds is 1. The molecule has 3 atom stereocenters. The number of para-hydroxylation sites is 1. The summed E-state index contributed by atoms with van der Waals surface area (Å²) in [6.07, 6.45) is 3.41. The van der Waals surface area contributed by atoms with Crippen molar-refractivity contribution in [2.45, 2.75) is 18.1 Å². The van der Waals surface area contributed by atoms with Gasteiger partial charge in [0.25, 0.3) is 0 Å². The molecule has 0 fully saturated rings. The zero-order chi connectivity index (χ0) is 13.0. The number of fused-ring (bicyclic) bond motifs is 6. The van der Waals surface area contributed by atoms with E-state index in [0.717, 1.165) is 22.3 Å². The first-order valence-corrected chi connectivity index (χ1v) is 6.22. The first kappa shape index (κ1) is 10.8. The Balaban J connectivity index is 2.01. The normalized spacial score (nSPS) is 27.5. The molecule has 19 heavy (non-hydrogen) atoms. The molecule has 4 nitrogen and oxygen atoms in total. The predicted octanol–water partition coefficient (Wildman–Crippen LogP) is 2.70. The zero-order valence-corrected chi connectivity index (χ0v) is 10.3. The number of carbonyl (C=O) groups excluding carboxylic acids is 1. The van der Waals surface area contributed by atoms with Crippen LogP contribution in [0.15, 0.2) is 40.8 Å². The SMILES string of the molecule is COC(=O)[C@@H]1c2c(oc3ccccc23)C2C=C[C@H]1O2. The van der Waals surface area contributed by atoms with Crippen LogP contribution >= 0.6 is 0 Å². The average Bonchev–Trinajstić information content (AvgIpc) is 3.02. The van der Waals surface area contributed by atoms with Crippen LogP contribution in [0.1, 0.15) is 23.3 Å². The Morgan fingerprint density at radius 2 is 2.11 bits per heavy atom. The summed E-state index contributed by atoms with van der Waals surface area (Å²) in [6, 6.07) is 7.73. The Hall–Kier alpha value is -2.07. The first-order chi connectivity index (χ1) is 9.29. The monoisotopic (exact) mass is 256 g/mol. The minimum atomic E-state index is -0.446. The van der Waals surface area contributed by atoms with Crippen LogP contribution in [0, 0.1) is 0 Å². The lowest BCUT2D eigenvalue weighted by Crippen LogP contribution is -2.30. The van der Waals surface area contributed by atoms with E-state index in [1.165, 1.54) is 7.11 Å². The summed E-state index contributed by atoms with van der Waals surface area (Å²) in [4.78, 5) is 12.1. The van der Waals surface area contributed by atoms with Crippen molar-refractivity contribution in [3.05, 3.63) is 47.7 Å². The van der Waals surface area contributed by atoms with Crippen LogP contribution in [0.4, 0.5) is 0 Å². The highest BCUT2D eigenvalue weighted by atomic mass is 16.5. The zero-order valence-electron chi connectivity index (χ0n) is 10.3. The summed E-state index contributed by atoms with van der Waals surface area (Å²) in [5.74, 6) is -0.0111. The minimum absolute atomic E-state index is 0.187. The highest BCUT2D eigenvalue weighted by Gasteiger charge is 2.45. The summed E-state index contributed by atoms with van der Waals surface area (Å²) >= 11 is 0. The number of ether oxygens (including phenoxy) is 2. The number of carbonyl (C=O) groups is 1. The predicted molar refractivity (Wildman–Crippen MR) is 67.7 cm³/mol. The van der Waals surface area contributed by atoms with Gasteiger partial charge >= 0.3 is 5.97 Å². The fourth-order valence-corrected chi connectivity index (χ4v) is 2.97. The smallest absolute Gasteiger partial charge is 0.316 e. The fraction of sp³-hybridized carbons (Fsp3) is 0.267. The molecule has 0 saturated carbocycles. The highest BCUT2D eigenvalue weighted by molar-refractivity contribution is 5.91. The van der Waals surface area contributed by atoms with Gasteiger partial charge in [0.1, 0.15) is 23.4 Å². The topological polar surface area (TPSA) is 48.7 Å². The largest absolute Gasteiger partial charge is 0.468 e. The van der Waals surface area contributed by atoms with Gasteiger partial charge < -0.3 is 13.9 Å². The van der Waals surface area contributed by atoms with Crippen molar-refractivity contribution in [1.82, 2.24) is 0 Å². The number of furan rings is 1. The molecule has 2 bridgehead atoms. The van der Waals surface area contributed by atoms with Crippen LogP contribution in [0.3, 0.4) is 0 Å². The van der Waals surface area contributed by atoms with Gasteiger partial charge in [-0.05, 0) is 12.1 Å². The van der Waals surface area contributed by atoms with E-state index in [-0.39, 0.29) is 18.2 Å². The van der Waals surface area contributed by atoms with Gasteiger partial charge in [0.2, 0.25) is 0 Å². The van der Waals surface area contributed by atoms with Crippen LogP contribution < -0.4 is 0 Å². The molecule has 2 aromatic rings. The van der Waals surface area contributed by atoms with Gasteiger partial charge in [-0.25, -0.2) is 0 Å². The summed E-state index contributed by atoms with van der Waals surface area (Å²) in [6.45, 7) is 0. The molecule has 3 heterocycles. The van der Waals surface area contributed by atoms with Gasteiger partial charge in [0.15, 0.2) is 0 Å². The van der Waals surface area contributed by atoms with Crippen molar-refractivity contribution < 1.29 is 18.7 Å². The van der Waals surface area contributed by atoms with Crippen molar-refractivity contribution in [3.8, 4) is 0 Å². The molecule has 1 unspecified atom stereocenters. The van der Waals surface area contributed by atoms with E-state index in [0.29, 0.717) is 0 Å². The Bertz CT molecular complexity index is 697. The maximum Gasteiger partial charge on any atom is 0.316 e. The van der Waals surface area contributed by atoms with Gasteiger partial charge in [0, 0.05) is 10.9 Å². The molecule has 0 saturated heterocycles. The van der Waals surface area contributed by atoms with Crippen molar-refractivity contribution in [3.63, 3.8) is 0 Å². The van der Waals surface area contributed by atoms with E-state index in [4.69, 9.17) is 13.9 Å². The lowest BCUT2D eigenvalue weighted by molar-refractivity contribution is -0.146. The van der Waals surface area contributed by atoms with Crippen molar-refractivity contribution in [2.24, 2.45) is 0 Å². The van der Waals surface area contributed by atoms with Gasteiger partial charge in [0.05, 0.1) is 13.2 Å². The minimum Gasteiger partial charge on any atom is -0.468 e. The summed E-state index contributed by atoms with van der Waals surface area (Å²) in [7, 11) is 1.40. The van der Waals surface area contributed by atoms with Gasteiger partial charge in [-0.2, -0.15) is 0 Å². The van der Waals surface area contributed by atoms with Gasteiger partial charge in [-0.3, -0.25) is 4.79 Å². The molecular weight excluding hydrogens is 244 g/mol. The fourth-order valence-electron chi connectivity index (χ4n) is 2.97. The number of benzene rings is 1. The molecule has 2 aliphatic rings. The molecule has 0 aliphatic carbocycles. The molecule has 96 valence electrons. The van der Waals surface area contributed by atoms with Crippen molar-refractivity contribution in [2.75, 3.05) is 7.11 Å². The van der Waals surface area contributed by atoms with E-state index in [1.54, 1.807) is 0 Å². The summed E-state index contributed by atoms with van der Waals surface area (Å²) < 4.78 is 16.6. The van der Waals surface area contributed by atoms with E-state index < -0.39 is 5.92 Å². The summed E-state index contributed by atoms with van der Waals surface area (Å²) in [5.41, 5.74) is 1.69. The quantitative estimate of drug-likeness (QED) is 0.581. The van der Waals surface area contributed by atoms with E-state index >= 15 is 0 Å². The van der Waals surface area contributed by atoms with E-state index in [1.807, 2.05) is 36.4 Å². The molecule has 0 radical (unpaired) electrons. The number of hydrogen-bond donors (Lipinski definition) is 0. The number of esters is 1. The second-order valence-electron chi connectivity index (χ2n) is 4.78. The number of hydrogen-bond acceptors (Lipinski definition) is 4. The maximum absolute atomic E-state index is 12.1. The van der Waals surface area contributed by atoms with Crippen LogP contribution in [0.2, 0.25) is 0 Å². The highest BCUT2D eigenvalue weighted by Crippen LogP contribution is 2.47. The third-order valence-corrected chi connectivity index (χ3v) is 3.79. The summed E-state index contributed by atoms with van der Waals surface area (Å²) in [5, 5.41) is 0.968. The van der Waals surface area contributed by atoms with Gasteiger partial charge in [-0.1, -0.05) is 24.3 Å². The Morgan fingerprint density at radius 1 is 1.26 bits per heavy atom. The standard InChI is InChI=1S/C15H12O4/c1-17-15(16)13-10-6-7-11(18-10)14-12(13)8-4-2-3-5-9(8)19-14/h2-7,10-11,13H,1H3/t10-,11?,13+/m1/s1. The van der Waals surface area contributed by atoms with E-state index in [9.17, 15) is 4.79 Å². The Kier molecular flexibility index (Phi) is 2.11. The third-order valence-electron chi connectivity index (χ3n) is 3.79. The van der Waals surface area contributed by atoms with Crippen LogP contribution in [0.5, 0.6) is 0 Å². The first-order valence-electron chi connectivity index (χ1n) is 6.22. The second-order valence-corrected chi connectivity index (χ2v) is 4.78.